The molecular weight excluding hydrogens is 248 g/mol. The van der Waals surface area contributed by atoms with E-state index in [4.69, 9.17) is 15.6 Å². The van der Waals surface area contributed by atoms with Crippen LogP contribution in [0.1, 0.15) is 23.7 Å². The van der Waals surface area contributed by atoms with E-state index in [-0.39, 0.29) is 36.5 Å². The lowest BCUT2D eigenvalue weighted by Gasteiger charge is -2.14. The fourth-order valence-electron chi connectivity index (χ4n) is 1.49. The van der Waals surface area contributed by atoms with Crippen LogP contribution in [0.3, 0.4) is 0 Å². The molecule has 2 amide bonds. The highest BCUT2D eigenvalue weighted by molar-refractivity contribution is 5.95. The molecule has 0 spiro atoms. The van der Waals surface area contributed by atoms with E-state index in [0.717, 1.165) is 0 Å². The molecule has 1 rings (SSSR count). The van der Waals surface area contributed by atoms with Crippen molar-refractivity contribution in [1.29, 1.82) is 0 Å². The highest BCUT2D eigenvalue weighted by Gasteiger charge is 2.12. The number of hydrogen-bond acceptors (Lipinski definition) is 4. The summed E-state index contributed by atoms with van der Waals surface area (Å²) in [4.78, 5) is 22.7. The van der Waals surface area contributed by atoms with E-state index in [1.54, 1.807) is 18.2 Å². The van der Waals surface area contributed by atoms with Crippen molar-refractivity contribution in [3.63, 3.8) is 0 Å². The van der Waals surface area contributed by atoms with Gasteiger partial charge < -0.3 is 20.9 Å². The van der Waals surface area contributed by atoms with E-state index >= 15 is 0 Å². The second-order valence-electron chi connectivity index (χ2n) is 4.00. The molecule has 0 saturated carbocycles. The van der Waals surface area contributed by atoms with Crippen LogP contribution in [0.4, 0.5) is 0 Å². The second-order valence-corrected chi connectivity index (χ2v) is 4.00. The summed E-state index contributed by atoms with van der Waals surface area (Å²) >= 11 is 0. The fourth-order valence-corrected chi connectivity index (χ4v) is 1.49. The quantitative estimate of drug-likeness (QED) is 0.649. The molecule has 0 saturated heterocycles. The average Bonchev–Trinajstić information content (AvgIpc) is 2.42. The van der Waals surface area contributed by atoms with Crippen molar-refractivity contribution < 1.29 is 19.4 Å². The van der Waals surface area contributed by atoms with E-state index < -0.39 is 5.91 Å². The zero-order valence-electron chi connectivity index (χ0n) is 10.8. The molecule has 1 atom stereocenters. The van der Waals surface area contributed by atoms with Crippen molar-refractivity contribution >= 4 is 11.8 Å². The van der Waals surface area contributed by atoms with Gasteiger partial charge in [-0.3, -0.25) is 9.59 Å². The van der Waals surface area contributed by atoms with E-state index in [0.29, 0.717) is 6.42 Å². The van der Waals surface area contributed by atoms with Gasteiger partial charge in [-0.25, -0.2) is 0 Å². The van der Waals surface area contributed by atoms with Crippen LogP contribution in [-0.2, 0) is 4.79 Å². The molecule has 0 fully saturated rings. The Morgan fingerprint density at radius 2 is 2.11 bits per heavy atom. The van der Waals surface area contributed by atoms with Gasteiger partial charge in [-0.15, -0.1) is 0 Å². The molecule has 1 aromatic carbocycles. The number of primary amides is 1. The third kappa shape index (κ3) is 4.59. The Bertz CT molecular complexity index is 444. The molecule has 0 heterocycles. The van der Waals surface area contributed by atoms with Gasteiger partial charge in [0.25, 0.3) is 11.8 Å². The maximum atomic E-state index is 11.6. The molecule has 1 unspecified atom stereocenters. The van der Waals surface area contributed by atoms with Crippen molar-refractivity contribution in [2.45, 2.75) is 19.4 Å². The van der Waals surface area contributed by atoms with Gasteiger partial charge in [0.2, 0.25) is 0 Å². The van der Waals surface area contributed by atoms with Gasteiger partial charge in [-0.05, 0) is 18.6 Å². The molecule has 0 aromatic heterocycles. The Labute approximate surface area is 111 Å². The molecular formula is C13H18N2O4. The maximum absolute atomic E-state index is 11.6. The zero-order valence-corrected chi connectivity index (χ0v) is 10.8. The van der Waals surface area contributed by atoms with Crippen LogP contribution in [0, 0.1) is 0 Å². The van der Waals surface area contributed by atoms with Gasteiger partial charge in [-0.1, -0.05) is 19.1 Å². The third-order valence-corrected chi connectivity index (χ3v) is 2.59. The van der Waals surface area contributed by atoms with Gasteiger partial charge in [-0.2, -0.15) is 0 Å². The zero-order chi connectivity index (χ0) is 14.3. The topological polar surface area (TPSA) is 102 Å². The first-order chi connectivity index (χ1) is 9.08. The van der Waals surface area contributed by atoms with Gasteiger partial charge in [0, 0.05) is 0 Å². The average molecular weight is 266 g/mol. The van der Waals surface area contributed by atoms with E-state index in [9.17, 15) is 9.59 Å². The predicted molar refractivity (Wildman–Crippen MR) is 69.8 cm³/mol. The monoisotopic (exact) mass is 266 g/mol. The molecule has 0 aliphatic heterocycles. The number of nitrogens with two attached hydrogens (primary N) is 1. The van der Waals surface area contributed by atoms with Crippen molar-refractivity contribution in [3.8, 4) is 5.75 Å². The third-order valence-electron chi connectivity index (χ3n) is 2.59. The van der Waals surface area contributed by atoms with Crippen LogP contribution >= 0.6 is 0 Å². The summed E-state index contributed by atoms with van der Waals surface area (Å²) in [6, 6.07) is 6.14. The largest absolute Gasteiger partial charge is 0.483 e. The number of aliphatic hydroxyl groups excluding tert-OH is 1. The van der Waals surface area contributed by atoms with Gasteiger partial charge in [0.15, 0.2) is 6.61 Å². The molecule has 6 heteroatoms. The second kappa shape index (κ2) is 7.38. The number of hydrogen-bond donors (Lipinski definition) is 3. The molecule has 6 nitrogen and oxygen atoms in total. The van der Waals surface area contributed by atoms with E-state index in [1.807, 2.05) is 6.92 Å². The number of carbonyl (C=O) groups excluding carboxylic acids is 2. The molecule has 19 heavy (non-hydrogen) atoms. The van der Waals surface area contributed by atoms with Gasteiger partial charge in [0.1, 0.15) is 5.75 Å². The lowest BCUT2D eigenvalue weighted by molar-refractivity contribution is -0.124. The molecule has 4 N–H and O–H groups in total. The van der Waals surface area contributed by atoms with Crippen LogP contribution in [0.15, 0.2) is 24.3 Å². The number of rotatable bonds is 7. The summed E-state index contributed by atoms with van der Waals surface area (Å²) in [5.74, 6) is -0.708. The minimum atomic E-state index is -0.613. The molecule has 1 aromatic rings. The summed E-state index contributed by atoms with van der Waals surface area (Å²) in [5, 5.41) is 11.6. The molecule has 0 aliphatic rings. The minimum absolute atomic E-state index is 0.125. The van der Waals surface area contributed by atoms with Crippen molar-refractivity contribution in [2.24, 2.45) is 5.73 Å². The fraction of sp³-hybridized carbons (Fsp3) is 0.385. The normalized spacial score (nSPS) is 11.7. The van der Waals surface area contributed by atoms with Crippen molar-refractivity contribution in [3.05, 3.63) is 29.8 Å². The number of carbonyl (C=O) groups is 2. The summed E-state index contributed by atoms with van der Waals surface area (Å²) in [6.07, 6.45) is 0.625. The van der Waals surface area contributed by atoms with Crippen LogP contribution in [0.5, 0.6) is 5.75 Å². The van der Waals surface area contributed by atoms with Crippen molar-refractivity contribution in [1.82, 2.24) is 5.32 Å². The number of amides is 2. The Morgan fingerprint density at radius 3 is 2.68 bits per heavy atom. The summed E-state index contributed by atoms with van der Waals surface area (Å²) < 4.78 is 5.26. The smallest absolute Gasteiger partial charge is 0.258 e. The van der Waals surface area contributed by atoms with Gasteiger partial charge >= 0.3 is 0 Å². The Kier molecular flexibility index (Phi) is 5.81. The van der Waals surface area contributed by atoms with Crippen LogP contribution in [-0.4, -0.2) is 36.2 Å². The standard InChI is InChI=1S/C13H18N2O4/c1-2-9(7-16)15-12(17)8-19-11-6-4-3-5-10(11)13(14)18/h3-6,9,16H,2,7-8H2,1H3,(H2,14,18)(H,15,17). The van der Waals surface area contributed by atoms with Crippen LogP contribution in [0.2, 0.25) is 0 Å². The predicted octanol–water partition coefficient (Wildman–Crippen LogP) is 0.0514. The highest BCUT2D eigenvalue weighted by Crippen LogP contribution is 2.16. The SMILES string of the molecule is CCC(CO)NC(=O)COc1ccccc1C(N)=O. The van der Waals surface area contributed by atoms with E-state index in [1.165, 1.54) is 6.07 Å². The van der Waals surface area contributed by atoms with Crippen LogP contribution < -0.4 is 15.8 Å². The number of benzene rings is 1. The minimum Gasteiger partial charge on any atom is -0.483 e. The lowest BCUT2D eigenvalue weighted by Crippen LogP contribution is -2.39. The Balaban J connectivity index is 2.57. The summed E-state index contributed by atoms with van der Waals surface area (Å²) in [6.45, 7) is 1.49. The Hall–Kier alpha value is -2.08. The summed E-state index contributed by atoms with van der Waals surface area (Å²) in [5.41, 5.74) is 5.42. The number of ether oxygens (including phenoxy) is 1. The number of aliphatic hydroxyl groups is 1. The first-order valence-electron chi connectivity index (χ1n) is 6.00. The molecule has 104 valence electrons. The maximum Gasteiger partial charge on any atom is 0.258 e. The molecule has 0 bridgehead atoms. The first-order valence-corrected chi connectivity index (χ1v) is 6.00. The first kappa shape index (κ1) is 15.0. The number of para-hydroxylation sites is 1. The van der Waals surface area contributed by atoms with Crippen LogP contribution in [0.25, 0.3) is 0 Å². The Morgan fingerprint density at radius 1 is 1.42 bits per heavy atom. The lowest BCUT2D eigenvalue weighted by atomic mass is 10.2. The molecule has 0 aliphatic carbocycles. The van der Waals surface area contributed by atoms with E-state index in [2.05, 4.69) is 5.32 Å². The number of nitrogens with one attached hydrogen (secondary N) is 1. The van der Waals surface area contributed by atoms with Crippen molar-refractivity contribution in [2.75, 3.05) is 13.2 Å². The van der Waals surface area contributed by atoms with Gasteiger partial charge in [0.05, 0.1) is 18.2 Å². The highest BCUT2D eigenvalue weighted by atomic mass is 16.5. The molecule has 0 radical (unpaired) electrons. The summed E-state index contributed by atoms with van der Waals surface area (Å²) in [7, 11) is 0.